The van der Waals surface area contributed by atoms with Gasteiger partial charge in [-0.3, -0.25) is 0 Å². The van der Waals surface area contributed by atoms with Crippen molar-refractivity contribution < 1.29 is 0 Å². The molecule has 1 fully saturated rings. The quantitative estimate of drug-likeness (QED) is 0.770. The minimum atomic E-state index is 0.732. The van der Waals surface area contributed by atoms with E-state index < -0.39 is 0 Å². The standard InChI is InChI=1S/C13H28N2/c1-12(11-14-3)13(2)15-9-7-5-4-6-8-10-15/h12-14H,4-11H2,1-3H3. The van der Waals surface area contributed by atoms with E-state index in [4.69, 9.17) is 0 Å². The van der Waals surface area contributed by atoms with Crippen molar-refractivity contribution >= 4 is 0 Å². The van der Waals surface area contributed by atoms with Crippen LogP contribution < -0.4 is 5.32 Å². The molecule has 0 aromatic heterocycles. The minimum absolute atomic E-state index is 0.732. The van der Waals surface area contributed by atoms with Crippen molar-refractivity contribution in [2.45, 2.75) is 52.0 Å². The molecule has 90 valence electrons. The monoisotopic (exact) mass is 212 g/mol. The van der Waals surface area contributed by atoms with E-state index in [1.54, 1.807) is 0 Å². The second kappa shape index (κ2) is 7.24. The van der Waals surface area contributed by atoms with Crippen LogP contribution in [-0.4, -0.2) is 37.6 Å². The SMILES string of the molecule is CNCC(C)C(C)N1CCCCCCC1. The van der Waals surface area contributed by atoms with Crippen LogP contribution in [0.25, 0.3) is 0 Å². The van der Waals surface area contributed by atoms with Crippen LogP contribution in [0.1, 0.15) is 46.0 Å². The summed E-state index contributed by atoms with van der Waals surface area (Å²) in [6.07, 6.45) is 7.12. The van der Waals surface area contributed by atoms with E-state index in [9.17, 15) is 0 Å². The number of hydrogen-bond acceptors (Lipinski definition) is 2. The van der Waals surface area contributed by atoms with Crippen molar-refractivity contribution in [2.24, 2.45) is 5.92 Å². The average Bonchev–Trinajstić information content (AvgIpc) is 2.16. The summed E-state index contributed by atoms with van der Waals surface area (Å²) in [5.74, 6) is 0.759. The molecule has 2 unspecified atom stereocenters. The zero-order valence-corrected chi connectivity index (χ0v) is 10.8. The maximum Gasteiger partial charge on any atom is 0.0105 e. The van der Waals surface area contributed by atoms with Gasteiger partial charge in [0.25, 0.3) is 0 Å². The van der Waals surface area contributed by atoms with E-state index >= 15 is 0 Å². The van der Waals surface area contributed by atoms with Crippen molar-refractivity contribution in [1.29, 1.82) is 0 Å². The maximum absolute atomic E-state index is 3.29. The molecule has 1 saturated heterocycles. The molecule has 1 N–H and O–H groups in total. The molecule has 0 aromatic rings. The normalized spacial score (nSPS) is 24.2. The highest BCUT2D eigenvalue weighted by atomic mass is 15.2. The second-order valence-corrected chi connectivity index (χ2v) is 5.08. The zero-order chi connectivity index (χ0) is 11.1. The van der Waals surface area contributed by atoms with Gasteiger partial charge in [0.1, 0.15) is 0 Å². The number of nitrogens with one attached hydrogen (secondary N) is 1. The van der Waals surface area contributed by atoms with Crippen molar-refractivity contribution in [1.82, 2.24) is 10.2 Å². The molecule has 2 atom stereocenters. The largest absolute Gasteiger partial charge is 0.319 e. The number of likely N-dealkylation sites (tertiary alicyclic amines) is 1. The number of hydrogen-bond donors (Lipinski definition) is 1. The van der Waals surface area contributed by atoms with Crippen LogP contribution in [0.2, 0.25) is 0 Å². The summed E-state index contributed by atoms with van der Waals surface area (Å²) >= 11 is 0. The summed E-state index contributed by atoms with van der Waals surface area (Å²) in [6, 6.07) is 0.732. The minimum Gasteiger partial charge on any atom is -0.319 e. The summed E-state index contributed by atoms with van der Waals surface area (Å²) < 4.78 is 0. The highest BCUT2D eigenvalue weighted by Crippen LogP contribution is 2.16. The lowest BCUT2D eigenvalue weighted by Gasteiger charge is -2.34. The molecular weight excluding hydrogens is 184 g/mol. The summed E-state index contributed by atoms with van der Waals surface area (Å²) in [5.41, 5.74) is 0. The Balaban J connectivity index is 2.37. The van der Waals surface area contributed by atoms with E-state index in [2.05, 4.69) is 31.1 Å². The molecule has 0 aliphatic carbocycles. The van der Waals surface area contributed by atoms with Crippen molar-refractivity contribution in [2.75, 3.05) is 26.7 Å². The molecule has 0 spiro atoms. The van der Waals surface area contributed by atoms with Gasteiger partial charge in [-0.2, -0.15) is 0 Å². The first-order valence-corrected chi connectivity index (χ1v) is 6.64. The first-order chi connectivity index (χ1) is 7.25. The predicted molar refractivity (Wildman–Crippen MR) is 67.2 cm³/mol. The molecule has 0 aromatic carbocycles. The van der Waals surface area contributed by atoms with Crippen molar-refractivity contribution in [3.8, 4) is 0 Å². The third-order valence-electron chi connectivity index (χ3n) is 3.82. The first kappa shape index (κ1) is 13.0. The van der Waals surface area contributed by atoms with Gasteiger partial charge in [-0.25, -0.2) is 0 Å². The topological polar surface area (TPSA) is 15.3 Å². The van der Waals surface area contributed by atoms with Crippen LogP contribution in [0, 0.1) is 5.92 Å². The van der Waals surface area contributed by atoms with Gasteiger partial charge in [0, 0.05) is 6.04 Å². The molecule has 0 bridgehead atoms. The number of nitrogens with zero attached hydrogens (tertiary/aromatic N) is 1. The van der Waals surface area contributed by atoms with Crippen LogP contribution >= 0.6 is 0 Å². The highest BCUT2D eigenvalue weighted by Gasteiger charge is 2.19. The van der Waals surface area contributed by atoms with Gasteiger partial charge in [0.05, 0.1) is 0 Å². The van der Waals surface area contributed by atoms with Crippen LogP contribution in [0.3, 0.4) is 0 Å². The smallest absolute Gasteiger partial charge is 0.0105 e. The maximum atomic E-state index is 3.29. The zero-order valence-electron chi connectivity index (χ0n) is 10.8. The summed E-state index contributed by atoms with van der Waals surface area (Å²) in [6.45, 7) is 8.52. The van der Waals surface area contributed by atoms with E-state index in [1.165, 1.54) is 45.2 Å². The summed E-state index contributed by atoms with van der Waals surface area (Å²) in [7, 11) is 2.05. The van der Waals surface area contributed by atoms with Gasteiger partial charge < -0.3 is 10.2 Å². The highest BCUT2D eigenvalue weighted by molar-refractivity contribution is 4.75. The van der Waals surface area contributed by atoms with E-state index in [0.29, 0.717) is 0 Å². The van der Waals surface area contributed by atoms with Gasteiger partial charge in [0.2, 0.25) is 0 Å². The Morgan fingerprint density at radius 1 is 1.00 bits per heavy atom. The van der Waals surface area contributed by atoms with Crippen LogP contribution in [-0.2, 0) is 0 Å². The molecular formula is C13H28N2. The Bertz CT molecular complexity index is 151. The van der Waals surface area contributed by atoms with Gasteiger partial charge >= 0.3 is 0 Å². The molecule has 0 amide bonds. The second-order valence-electron chi connectivity index (χ2n) is 5.08. The molecule has 1 heterocycles. The van der Waals surface area contributed by atoms with Gasteiger partial charge in [0.15, 0.2) is 0 Å². The summed E-state index contributed by atoms with van der Waals surface area (Å²) in [5, 5.41) is 3.29. The average molecular weight is 212 g/mol. The fourth-order valence-electron chi connectivity index (χ4n) is 2.53. The van der Waals surface area contributed by atoms with Crippen LogP contribution in [0.5, 0.6) is 0 Å². The van der Waals surface area contributed by atoms with Gasteiger partial charge in [-0.05, 0) is 52.4 Å². The molecule has 1 aliphatic heterocycles. The molecule has 0 radical (unpaired) electrons. The Labute approximate surface area is 95.4 Å². The van der Waals surface area contributed by atoms with Crippen LogP contribution in [0.4, 0.5) is 0 Å². The van der Waals surface area contributed by atoms with E-state index in [-0.39, 0.29) is 0 Å². The Hall–Kier alpha value is -0.0800. The van der Waals surface area contributed by atoms with Crippen LogP contribution in [0.15, 0.2) is 0 Å². The molecule has 1 aliphatic rings. The molecule has 0 saturated carbocycles. The van der Waals surface area contributed by atoms with E-state index in [1.807, 2.05) is 0 Å². The van der Waals surface area contributed by atoms with E-state index in [0.717, 1.165) is 18.5 Å². The Morgan fingerprint density at radius 3 is 2.07 bits per heavy atom. The van der Waals surface area contributed by atoms with Crippen molar-refractivity contribution in [3.63, 3.8) is 0 Å². The summed E-state index contributed by atoms with van der Waals surface area (Å²) in [4.78, 5) is 2.70. The number of rotatable bonds is 4. The molecule has 2 heteroatoms. The third kappa shape index (κ3) is 4.52. The lowest BCUT2D eigenvalue weighted by Crippen LogP contribution is -2.42. The molecule has 1 rings (SSSR count). The lowest BCUT2D eigenvalue weighted by atomic mass is 9.99. The first-order valence-electron chi connectivity index (χ1n) is 6.64. The predicted octanol–water partition coefficient (Wildman–Crippen LogP) is 2.50. The third-order valence-corrected chi connectivity index (χ3v) is 3.82. The van der Waals surface area contributed by atoms with Crippen molar-refractivity contribution in [3.05, 3.63) is 0 Å². The molecule has 15 heavy (non-hydrogen) atoms. The fraction of sp³-hybridized carbons (Fsp3) is 1.00. The Kier molecular flexibility index (Phi) is 6.26. The molecule has 2 nitrogen and oxygen atoms in total. The van der Waals surface area contributed by atoms with Gasteiger partial charge in [-0.15, -0.1) is 0 Å². The lowest BCUT2D eigenvalue weighted by molar-refractivity contribution is 0.147. The fourth-order valence-corrected chi connectivity index (χ4v) is 2.53. The van der Waals surface area contributed by atoms with Gasteiger partial charge in [-0.1, -0.05) is 26.2 Å². The Morgan fingerprint density at radius 2 is 1.53 bits per heavy atom.